The van der Waals surface area contributed by atoms with E-state index in [1.54, 1.807) is 24.3 Å². The molecule has 0 radical (unpaired) electrons. The van der Waals surface area contributed by atoms with Gasteiger partial charge in [0.2, 0.25) is 0 Å². The predicted molar refractivity (Wildman–Crippen MR) is 63.2 cm³/mol. The van der Waals surface area contributed by atoms with Crippen molar-refractivity contribution in [2.75, 3.05) is 0 Å². The molecule has 0 saturated heterocycles. The summed E-state index contributed by atoms with van der Waals surface area (Å²) in [5, 5.41) is 11.9. The standard InChI is InChI=1S/C13H15NO2/c1-4-13(2,3)14-9-10-5-7-11(8-6-10)12(15)16/h1,5-8,14H,9H2,2-3H3,(H,15,16). The van der Waals surface area contributed by atoms with Gasteiger partial charge in [-0.25, -0.2) is 4.79 Å². The van der Waals surface area contributed by atoms with Crippen molar-refractivity contribution in [3.8, 4) is 12.3 Å². The van der Waals surface area contributed by atoms with E-state index in [2.05, 4.69) is 11.2 Å². The molecule has 0 aromatic heterocycles. The molecule has 1 rings (SSSR count). The van der Waals surface area contributed by atoms with Gasteiger partial charge in [0.25, 0.3) is 0 Å². The molecular weight excluding hydrogens is 202 g/mol. The minimum atomic E-state index is -0.913. The Bertz CT molecular complexity index is 413. The highest BCUT2D eigenvalue weighted by molar-refractivity contribution is 5.87. The topological polar surface area (TPSA) is 49.3 Å². The zero-order valence-corrected chi connectivity index (χ0v) is 9.45. The Morgan fingerprint density at radius 2 is 2.00 bits per heavy atom. The molecule has 0 aliphatic heterocycles. The van der Waals surface area contributed by atoms with Crippen molar-refractivity contribution in [2.45, 2.75) is 25.9 Å². The molecule has 84 valence electrons. The summed E-state index contributed by atoms with van der Waals surface area (Å²) in [5.41, 5.74) is 0.944. The number of hydrogen-bond acceptors (Lipinski definition) is 2. The molecule has 3 nitrogen and oxygen atoms in total. The fourth-order valence-electron chi connectivity index (χ4n) is 1.14. The van der Waals surface area contributed by atoms with Crippen molar-refractivity contribution in [1.82, 2.24) is 5.32 Å². The van der Waals surface area contributed by atoms with Crippen LogP contribution < -0.4 is 5.32 Å². The predicted octanol–water partition coefficient (Wildman–Crippen LogP) is 1.89. The van der Waals surface area contributed by atoms with Gasteiger partial charge in [0.05, 0.1) is 11.1 Å². The monoisotopic (exact) mass is 217 g/mol. The smallest absolute Gasteiger partial charge is 0.335 e. The summed E-state index contributed by atoms with van der Waals surface area (Å²) in [7, 11) is 0. The molecule has 0 heterocycles. The fraction of sp³-hybridized carbons (Fsp3) is 0.308. The third kappa shape index (κ3) is 3.41. The molecular formula is C13H15NO2. The van der Waals surface area contributed by atoms with E-state index >= 15 is 0 Å². The molecule has 0 aliphatic rings. The Balaban J connectivity index is 2.64. The van der Waals surface area contributed by atoms with Crippen molar-refractivity contribution in [3.63, 3.8) is 0 Å². The highest BCUT2D eigenvalue weighted by Crippen LogP contribution is 2.06. The third-order valence-corrected chi connectivity index (χ3v) is 2.30. The van der Waals surface area contributed by atoms with Gasteiger partial charge in [-0.15, -0.1) is 6.42 Å². The van der Waals surface area contributed by atoms with Crippen LogP contribution in [0.2, 0.25) is 0 Å². The maximum atomic E-state index is 10.6. The van der Waals surface area contributed by atoms with Crippen molar-refractivity contribution < 1.29 is 9.90 Å². The lowest BCUT2D eigenvalue weighted by atomic mass is 10.1. The van der Waals surface area contributed by atoms with Gasteiger partial charge in [-0.05, 0) is 31.5 Å². The molecule has 0 bridgehead atoms. The van der Waals surface area contributed by atoms with E-state index in [9.17, 15) is 4.79 Å². The molecule has 0 amide bonds. The van der Waals surface area contributed by atoms with E-state index in [0.29, 0.717) is 12.1 Å². The van der Waals surface area contributed by atoms with Gasteiger partial charge < -0.3 is 5.11 Å². The first-order valence-electron chi connectivity index (χ1n) is 4.99. The van der Waals surface area contributed by atoms with E-state index < -0.39 is 5.97 Å². The summed E-state index contributed by atoms with van der Waals surface area (Å²) in [6.07, 6.45) is 5.34. The first-order valence-corrected chi connectivity index (χ1v) is 4.99. The molecule has 0 spiro atoms. The third-order valence-electron chi connectivity index (χ3n) is 2.30. The first-order chi connectivity index (χ1) is 7.44. The Hall–Kier alpha value is -1.79. The molecule has 16 heavy (non-hydrogen) atoms. The normalized spacial score (nSPS) is 10.8. The van der Waals surface area contributed by atoms with Crippen LogP contribution in [0.3, 0.4) is 0 Å². The molecule has 1 aromatic carbocycles. The molecule has 2 N–H and O–H groups in total. The molecule has 3 heteroatoms. The Morgan fingerprint density at radius 1 is 1.44 bits per heavy atom. The first kappa shape index (κ1) is 12.3. The number of carboxylic acid groups (broad SMARTS) is 1. The molecule has 0 atom stereocenters. The van der Waals surface area contributed by atoms with Crippen LogP contribution in [-0.2, 0) is 6.54 Å². The van der Waals surface area contributed by atoms with Crippen LogP contribution in [0.15, 0.2) is 24.3 Å². The minimum absolute atomic E-state index is 0.292. The van der Waals surface area contributed by atoms with Crippen LogP contribution in [0.1, 0.15) is 29.8 Å². The average molecular weight is 217 g/mol. The van der Waals surface area contributed by atoms with Gasteiger partial charge in [-0.1, -0.05) is 18.1 Å². The Morgan fingerprint density at radius 3 is 2.44 bits per heavy atom. The van der Waals surface area contributed by atoms with Crippen molar-refractivity contribution >= 4 is 5.97 Å². The van der Waals surface area contributed by atoms with Crippen LogP contribution in [0.5, 0.6) is 0 Å². The highest BCUT2D eigenvalue weighted by Gasteiger charge is 2.12. The van der Waals surface area contributed by atoms with Crippen LogP contribution in [0, 0.1) is 12.3 Å². The van der Waals surface area contributed by atoms with Crippen LogP contribution in [0.25, 0.3) is 0 Å². The zero-order valence-electron chi connectivity index (χ0n) is 9.45. The summed E-state index contributed by atoms with van der Waals surface area (Å²) in [4.78, 5) is 10.6. The number of rotatable bonds is 4. The second-order valence-corrected chi connectivity index (χ2v) is 4.12. The number of carbonyl (C=O) groups is 1. The largest absolute Gasteiger partial charge is 0.478 e. The molecule has 0 aliphatic carbocycles. The van der Waals surface area contributed by atoms with E-state index in [0.717, 1.165) is 5.56 Å². The SMILES string of the molecule is C#CC(C)(C)NCc1ccc(C(=O)O)cc1. The second-order valence-electron chi connectivity index (χ2n) is 4.12. The highest BCUT2D eigenvalue weighted by atomic mass is 16.4. The van der Waals surface area contributed by atoms with E-state index in [1.165, 1.54) is 0 Å². The number of aromatic carboxylic acids is 1. The Kier molecular flexibility index (Phi) is 3.70. The van der Waals surface area contributed by atoms with Gasteiger partial charge in [-0.2, -0.15) is 0 Å². The minimum Gasteiger partial charge on any atom is -0.478 e. The number of carboxylic acids is 1. The van der Waals surface area contributed by atoms with Gasteiger partial charge in [-0.3, -0.25) is 5.32 Å². The van der Waals surface area contributed by atoms with Gasteiger partial charge in [0, 0.05) is 6.54 Å². The zero-order chi connectivity index (χ0) is 12.2. The lowest BCUT2D eigenvalue weighted by Gasteiger charge is -2.19. The maximum Gasteiger partial charge on any atom is 0.335 e. The van der Waals surface area contributed by atoms with E-state index in [4.69, 9.17) is 11.5 Å². The van der Waals surface area contributed by atoms with Crippen molar-refractivity contribution in [2.24, 2.45) is 0 Å². The second kappa shape index (κ2) is 4.82. The number of benzene rings is 1. The summed E-state index contributed by atoms with van der Waals surface area (Å²) in [6, 6.07) is 6.73. The molecule has 0 unspecified atom stereocenters. The van der Waals surface area contributed by atoms with Crippen LogP contribution in [0.4, 0.5) is 0 Å². The lowest BCUT2D eigenvalue weighted by Crippen LogP contribution is -2.36. The van der Waals surface area contributed by atoms with E-state index in [-0.39, 0.29) is 5.54 Å². The van der Waals surface area contributed by atoms with Gasteiger partial charge >= 0.3 is 5.97 Å². The molecule has 1 aromatic rings. The molecule has 0 fully saturated rings. The molecule has 0 saturated carbocycles. The van der Waals surface area contributed by atoms with E-state index in [1.807, 2.05) is 13.8 Å². The number of nitrogens with one attached hydrogen (secondary N) is 1. The number of terminal acetylenes is 1. The summed E-state index contributed by atoms with van der Waals surface area (Å²) in [6.45, 7) is 4.45. The fourth-order valence-corrected chi connectivity index (χ4v) is 1.14. The summed E-state index contributed by atoms with van der Waals surface area (Å²) >= 11 is 0. The van der Waals surface area contributed by atoms with Crippen molar-refractivity contribution in [3.05, 3.63) is 35.4 Å². The average Bonchev–Trinajstić information content (AvgIpc) is 2.27. The number of hydrogen-bond donors (Lipinski definition) is 2. The van der Waals surface area contributed by atoms with Crippen molar-refractivity contribution in [1.29, 1.82) is 0 Å². The van der Waals surface area contributed by atoms with Crippen LogP contribution in [-0.4, -0.2) is 16.6 Å². The van der Waals surface area contributed by atoms with Gasteiger partial charge in [0.1, 0.15) is 0 Å². The Labute approximate surface area is 95.5 Å². The maximum absolute atomic E-state index is 10.6. The van der Waals surface area contributed by atoms with Gasteiger partial charge in [0.15, 0.2) is 0 Å². The quantitative estimate of drug-likeness (QED) is 0.757. The summed E-state index contributed by atoms with van der Waals surface area (Å²) < 4.78 is 0. The van der Waals surface area contributed by atoms with Crippen LogP contribution >= 0.6 is 0 Å². The summed E-state index contributed by atoms with van der Waals surface area (Å²) in [5.74, 6) is 1.72. The lowest BCUT2D eigenvalue weighted by molar-refractivity contribution is 0.0697.